The molecule has 0 heterocycles. The van der Waals surface area contributed by atoms with Gasteiger partial charge in [-0.15, -0.1) is 0 Å². The number of benzene rings is 1. The minimum atomic E-state index is -3.65. The maximum atomic E-state index is 12.2. The summed E-state index contributed by atoms with van der Waals surface area (Å²) in [6, 6.07) is 7.73. The van der Waals surface area contributed by atoms with Crippen molar-refractivity contribution in [3.05, 3.63) is 29.8 Å². The van der Waals surface area contributed by atoms with Gasteiger partial charge in [-0.25, -0.2) is 13.1 Å². The Morgan fingerprint density at radius 1 is 1.16 bits per heavy atom. The molecule has 0 bridgehead atoms. The van der Waals surface area contributed by atoms with Gasteiger partial charge in [0.15, 0.2) is 0 Å². The van der Waals surface area contributed by atoms with Crippen molar-refractivity contribution in [3.8, 4) is 6.07 Å². The molecule has 0 aliphatic rings. The van der Waals surface area contributed by atoms with Crippen molar-refractivity contribution in [1.82, 2.24) is 10.0 Å². The van der Waals surface area contributed by atoms with Gasteiger partial charge in [-0.3, -0.25) is 4.79 Å². The molecule has 0 radical (unpaired) electrons. The smallest absolute Gasteiger partial charge is 0.251 e. The van der Waals surface area contributed by atoms with Gasteiger partial charge in [0.05, 0.1) is 11.0 Å². The fourth-order valence-corrected chi connectivity index (χ4v) is 3.35. The first-order valence-electron chi connectivity index (χ1n) is 8.54. The Bertz CT molecular complexity index is 691. The number of nitrogens with one attached hydrogen (secondary N) is 2. The van der Waals surface area contributed by atoms with E-state index in [1.165, 1.54) is 24.3 Å². The lowest BCUT2D eigenvalue weighted by atomic mass is 10.0. The third-order valence-electron chi connectivity index (χ3n) is 3.75. The summed E-state index contributed by atoms with van der Waals surface area (Å²) in [5.74, 6) is 0.442. The predicted molar refractivity (Wildman–Crippen MR) is 97.5 cm³/mol. The van der Waals surface area contributed by atoms with E-state index in [1.54, 1.807) is 0 Å². The zero-order chi connectivity index (χ0) is 18.9. The van der Waals surface area contributed by atoms with Crippen molar-refractivity contribution in [3.63, 3.8) is 0 Å². The van der Waals surface area contributed by atoms with Gasteiger partial charge < -0.3 is 5.32 Å². The summed E-state index contributed by atoms with van der Waals surface area (Å²) in [5.41, 5.74) is 0.423. The number of nitriles is 1. The highest BCUT2D eigenvalue weighted by molar-refractivity contribution is 7.89. The minimum absolute atomic E-state index is 0.0644. The molecule has 0 saturated heterocycles. The van der Waals surface area contributed by atoms with Crippen LogP contribution in [-0.4, -0.2) is 26.9 Å². The van der Waals surface area contributed by atoms with E-state index in [2.05, 4.69) is 23.9 Å². The number of rotatable bonds is 10. The van der Waals surface area contributed by atoms with Crippen LogP contribution < -0.4 is 10.0 Å². The standard InChI is InChI=1S/C18H27N3O3S/c1-14(2)6-4-7-15(3)21-18(22)16-8-10-17(11-9-16)25(23,24)20-13-5-12-19/h8-11,14-15,20H,4-7,13H2,1-3H3,(H,21,22)/t15-/m0/s1. The van der Waals surface area contributed by atoms with Gasteiger partial charge in [0.1, 0.15) is 0 Å². The highest BCUT2D eigenvalue weighted by Crippen LogP contribution is 2.12. The Hall–Kier alpha value is -1.91. The molecule has 0 aromatic heterocycles. The SMILES string of the molecule is CC(C)CCC[C@H](C)NC(=O)c1ccc(S(=O)(=O)NCCC#N)cc1. The predicted octanol–water partition coefficient (Wildman–Crippen LogP) is 2.82. The van der Waals surface area contributed by atoms with Gasteiger partial charge in [0, 0.05) is 24.6 Å². The molecule has 1 amide bonds. The number of nitrogens with zero attached hydrogens (tertiary/aromatic N) is 1. The van der Waals surface area contributed by atoms with Crippen molar-refractivity contribution in [2.75, 3.05) is 6.54 Å². The summed E-state index contributed by atoms with van der Waals surface area (Å²) in [6.07, 6.45) is 3.21. The van der Waals surface area contributed by atoms with Gasteiger partial charge in [0.25, 0.3) is 5.91 Å². The summed E-state index contributed by atoms with van der Waals surface area (Å²) in [5, 5.41) is 11.4. The second-order valence-electron chi connectivity index (χ2n) is 6.53. The van der Waals surface area contributed by atoms with Crippen molar-refractivity contribution in [1.29, 1.82) is 5.26 Å². The number of hydrogen-bond acceptors (Lipinski definition) is 4. The Labute approximate surface area is 150 Å². The van der Waals surface area contributed by atoms with Crippen molar-refractivity contribution in [2.45, 2.75) is 57.4 Å². The number of carbonyl (C=O) groups excluding carboxylic acids is 1. The third-order valence-corrected chi connectivity index (χ3v) is 5.23. The second kappa shape index (κ2) is 10.2. The summed E-state index contributed by atoms with van der Waals surface area (Å²) >= 11 is 0. The number of carbonyl (C=O) groups is 1. The molecule has 6 nitrogen and oxygen atoms in total. The topological polar surface area (TPSA) is 99.1 Å². The summed E-state index contributed by atoms with van der Waals surface area (Å²) in [7, 11) is -3.65. The first kappa shape index (κ1) is 21.1. The van der Waals surface area contributed by atoms with E-state index >= 15 is 0 Å². The van der Waals surface area contributed by atoms with Crippen LogP contribution in [0.1, 0.15) is 56.8 Å². The van der Waals surface area contributed by atoms with E-state index in [9.17, 15) is 13.2 Å². The van der Waals surface area contributed by atoms with E-state index in [4.69, 9.17) is 5.26 Å². The Morgan fingerprint density at radius 3 is 2.36 bits per heavy atom. The molecule has 1 aromatic rings. The molecule has 1 atom stereocenters. The maximum absolute atomic E-state index is 12.2. The lowest BCUT2D eigenvalue weighted by molar-refractivity contribution is 0.0937. The van der Waals surface area contributed by atoms with Crippen molar-refractivity contribution < 1.29 is 13.2 Å². The monoisotopic (exact) mass is 365 g/mol. The van der Waals surface area contributed by atoms with E-state index in [0.29, 0.717) is 11.5 Å². The zero-order valence-electron chi connectivity index (χ0n) is 15.1. The van der Waals surface area contributed by atoms with Gasteiger partial charge in [0.2, 0.25) is 10.0 Å². The van der Waals surface area contributed by atoms with E-state index < -0.39 is 10.0 Å². The first-order chi connectivity index (χ1) is 11.8. The molecule has 1 rings (SSSR count). The minimum Gasteiger partial charge on any atom is -0.350 e. The fourth-order valence-electron chi connectivity index (χ4n) is 2.32. The molecule has 0 aliphatic carbocycles. The van der Waals surface area contributed by atoms with Gasteiger partial charge in [-0.1, -0.05) is 26.7 Å². The molecule has 138 valence electrons. The molecule has 0 unspecified atom stereocenters. The molecule has 7 heteroatoms. The molecule has 0 aliphatic heterocycles. The second-order valence-corrected chi connectivity index (χ2v) is 8.30. The van der Waals surface area contributed by atoms with Gasteiger partial charge >= 0.3 is 0 Å². The Morgan fingerprint density at radius 2 is 1.80 bits per heavy atom. The number of hydrogen-bond donors (Lipinski definition) is 2. The first-order valence-corrected chi connectivity index (χ1v) is 10.0. The van der Waals surface area contributed by atoms with Crippen molar-refractivity contribution >= 4 is 15.9 Å². The Balaban J connectivity index is 2.60. The highest BCUT2D eigenvalue weighted by Gasteiger charge is 2.15. The quantitative estimate of drug-likeness (QED) is 0.623. The third kappa shape index (κ3) is 7.67. The van der Waals surface area contributed by atoms with Crippen molar-refractivity contribution in [2.24, 2.45) is 5.92 Å². The maximum Gasteiger partial charge on any atom is 0.251 e. The summed E-state index contributed by atoms with van der Waals surface area (Å²) in [6.45, 7) is 6.38. The van der Waals surface area contributed by atoms with Gasteiger partial charge in [-0.2, -0.15) is 5.26 Å². The zero-order valence-corrected chi connectivity index (χ0v) is 15.9. The average Bonchev–Trinajstić information content (AvgIpc) is 2.54. The number of sulfonamides is 1. The largest absolute Gasteiger partial charge is 0.350 e. The molecular weight excluding hydrogens is 338 g/mol. The molecule has 0 fully saturated rings. The number of amides is 1. The van der Waals surface area contributed by atoms with E-state index in [1.807, 2.05) is 13.0 Å². The van der Waals surface area contributed by atoms with Crippen LogP contribution in [0, 0.1) is 17.2 Å². The Kier molecular flexibility index (Phi) is 8.59. The van der Waals surface area contributed by atoms with Crippen LogP contribution in [-0.2, 0) is 10.0 Å². The summed E-state index contributed by atoms with van der Waals surface area (Å²) in [4.78, 5) is 12.3. The highest BCUT2D eigenvalue weighted by atomic mass is 32.2. The fraction of sp³-hybridized carbons (Fsp3) is 0.556. The lowest BCUT2D eigenvalue weighted by Crippen LogP contribution is -2.32. The molecule has 0 saturated carbocycles. The average molecular weight is 365 g/mol. The summed E-state index contributed by atoms with van der Waals surface area (Å²) < 4.78 is 26.4. The van der Waals surface area contributed by atoms with Gasteiger partial charge in [-0.05, 0) is 43.5 Å². The lowest BCUT2D eigenvalue weighted by Gasteiger charge is -2.15. The molecule has 25 heavy (non-hydrogen) atoms. The molecule has 2 N–H and O–H groups in total. The van der Waals surface area contributed by atoms with Crippen LogP contribution in [0.3, 0.4) is 0 Å². The molecule has 1 aromatic carbocycles. The van der Waals surface area contributed by atoms with Crippen LogP contribution in [0.4, 0.5) is 0 Å². The van der Waals surface area contributed by atoms with Crippen LogP contribution in [0.2, 0.25) is 0 Å². The normalized spacial score (nSPS) is 12.6. The molecular formula is C18H27N3O3S. The van der Waals surface area contributed by atoms with Crippen LogP contribution in [0.15, 0.2) is 29.2 Å². The van der Waals surface area contributed by atoms with E-state index in [0.717, 1.165) is 19.3 Å². The van der Waals surface area contributed by atoms with Crippen LogP contribution in [0.5, 0.6) is 0 Å². The molecule has 0 spiro atoms. The van der Waals surface area contributed by atoms with E-state index in [-0.39, 0.29) is 29.8 Å². The van der Waals surface area contributed by atoms with Crippen LogP contribution in [0.25, 0.3) is 0 Å². The van der Waals surface area contributed by atoms with Crippen LogP contribution >= 0.6 is 0 Å².